The molecule has 0 radical (unpaired) electrons. The molecule has 1 aromatic carbocycles. The van der Waals surface area contributed by atoms with E-state index in [0.717, 1.165) is 12.8 Å². The summed E-state index contributed by atoms with van der Waals surface area (Å²) >= 11 is 3.74. The van der Waals surface area contributed by atoms with Crippen LogP contribution < -0.4 is 5.32 Å². The van der Waals surface area contributed by atoms with E-state index < -0.39 is 41.7 Å². The third-order valence-electron chi connectivity index (χ3n) is 9.69. The molecule has 3 saturated heterocycles. The molecule has 3 amide bonds. The van der Waals surface area contributed by atoms with E-state index in [1.807, 2.05) is 37.3 Å². The van der Waals surface area contributed by atoms with Crippen LogP contribution in [0.25, 0.3) is 0 Å². The van der Waals surface area contributed by atoms with E-state index in [4.69, 9.17) is 9.47 Å². The zero-order valence-electron chi connectivity index (χ0n) is 27.7. The van der Waals surface area contributed by atoms with Crippen molar-refractivity contribution in [2.45, 2.75) is 99.9 Å². The number of carbonyl (C=O) groups excluding carboxylic acids is 4. The topological polar surface area (TPSA) is 125 Å². The summed E-state index contributed by atoms with van der Waals surface area (Å²) in [6.45, 7) is 12.4. The number of unbranched alkanes of at least 4 members (excludes halogenated alkanes) is 2. The number of halogens is 1. The molecule has 11 heteroatoms. The second-order valence-corrected chi connectivity index (χ2v) is 14.0. The Morgan fingerprint density at radius 1 is 1.21 bits per heavy atom. The molecule has 47 heavy (non-hydrogen) atoms. The summed E-state index contributed by atoms with van der Waals surface area (Å²) < 4.78 is 12.8. The minimum atomic E-state index is -1.21. The smallest absolute Gasteiger partial charge is 0.313 e. The van der Waals surface area contributed by atoms with Gasteiger partial charge in [-0.25, -0.2) is 0 Å². The number of carbonyl (C=O) groups is 4. The minimum absolute atomic E-state index is 0.0474. The normalized spacial score (nSPS) is 27.2. The van der Waals surface area contributed by atoms with Crippen LogP contribution >= 0.6 is 15.9 Å². The fourth-order valence-electron chi connectivity index (χ4n) is 7.49. The highest BCUT2D eigenvalue weighted by Gasteiger charge is 2.77. The van der Waals surface area contributed by atoms with Crippen molar-refractivity contribution >= 4 is 39.6 Å². The van der Waals surface area contributed by atoms with Crippen molar-refractivity contribution < 1.29 is 33.8 Å². The SMILES string of the molecule is C=CCCC(=O)NC[C@H](OC(=O)[C@H]1[C@@H]2O[C@@]3(CC2Br)[C@@H]1C(=O)N(CCCCCO)[C@@H]3C(=O)N(CC=C)C(C)CCC)c1ccccc1. The molecule has 2 N–H and O–H groups in total. The molecule has 8 atom stereocenters. The largest absolute Gasteiger partial charge is 0.455 e. The Bertz CT molecular complexity index is 1280. The standard InChI is InChI=1S/C36H50BrN3O7/c1-5-8-18-28(42)38-23-27(25-16-11-9-12-17-25)46-35(45)29-30-33(43)40(20-13-10-14-21-41)32(36(30)22-26(37)31(29)47-36)34(44)39(19-7-3)24(4)15-6-2/h5,7,9,11-12,16-17,24,26-27,29-32,41H,1,3,6,8,10,13-15,18-23H2,2,4H3,(H,38,42)/t24?,26?,27-,29+,30-,31+,32+,36-/m0/s1. The number of nitrogens with zero attached hydrogens (tertiary/aromatic N) is 2. The van der Waals surface area contributed by atoms with Crippen LogP contribution in [0.15, 0.2) is 55.6 Å². The zero-order chi connectivity index (χ0) is 34.1. The summed E-state index contributed by atoms with van der Waals surface area (Å²) in [6.07, 6.45) is 6.66. The molecular weight excluding hydrogens is 666 g/mol. The van der Waals surface area contributed by atoms with E-state index in [0.29, 0.717) is 50.8 Å². The number of hydrogen-bond donors (Lipinski definition) is 2. The number of aliphatic hydroxyl groups is 1. The number of hydrogen-bond acceptors (Lipinski definition) is 7. The number of likely N-dealkylation sites (tertiary alicyclic amines) is 1. The lowest BCUT2D eigenvalue weighted by molar-refractivity contribution is -0.160. The van der Waals surface area contributed by atoms with Crippen LogP contribution in [0.2, 0.25) is 0 Å². The summed E-state index contributed by atoms with van der Waals surface area (Å²) in [7, 11) is 0. The molecule has 1 spiro atoms. The summed E-state index contributed by atoms with van der Waals surface area (Å²) in [5.74, 6) is -3.11. The maximum atomic E-state index is 14.6. The molecular formula is C36H50BrN3O7. The van der Waals surface area contributed by atoms with E-state index >= 15 is 0 Å². The number of ether oxygens (including phenoxy) is 2. The van der Waals surface area contributed by atoms with Gasteiger partial charge in [-0.15, -0.1) is 13.2 Å². The van der Waals surface area contributed by atoms with Crippen LogP contribution in [0.4, 0.5) is 0 Å². The molecule has 2 bridgehead atoms. The molecule has 3 aliphatic rings. The van der Waals surface area contributed by atoms with Gasteiger partial charge in [0.2, 0.25) is 17.7 Å². The minimum Gasteiger partial charge on any atom is -0.455 e. The summed E-state index contributed by atoms with van der Waals surface area (Å²) in [5.41, 5.74) is -0.500. The number of rotatable bonds is 19. The number of aliphatic hydroxyl groups excluding tert-OH is 1. The molecule has 2 unspecified atom stereocenters. The Balaban J connectivity index is 1.66. The Hall–Kier alpha value is -3.02. The van der Waals surface area contributed by atoms with Crippen LogP contribution in [0.5, 0.6) is 0 Å². The van der Waals surface area contributed by atoms with Gasteiger partial charge in [0.15, 0.2) is 0 Å². The van der Waals surface area contributed by atoms with Crippen molar-refractivity contribution in [1.82, 2.24) is 15.1 Å². The monoisotopic (exact) mass is 715 g/mol. The predicted octanol–water partition coefficient (Wildman–Crippen LogP) is 4.47. The maximum Gasteiger partial charge on any atom is 0.313 e. The number of nitrogens with one attached hydrogen (secondary N) is 1. The van der Waals surface area contributed by atoms with Crippen LogP contribution in [-0.4, -0.2) is 93.5 Å². The van der Waals surface area contributed by atoms with E-state index in [9.17, 15) is 24.3 Å². The lowest BCUT2D eigenvalue weighted by Crippen LogP contribution is -2.58. The third kappa shape index (κ3) is 7.84. The second kappa shape index (κ2) is 16.9. The molecule has 10 nitrogen and oxygen atoms in total. The first-order valence-corrected chi connectivity index (χ1v) is 17.8. The number of esters is 1. The highest BCUT2D eigenvalue weighted by molar-refractivity contribution is 9.09. The van der Waals surface area contributed by atoms with Crippen molar-refractivity contribution in [3.8, 4) is 0 Å². The first-order valence-electron chi connectivity index (χ1n) is 16.9. The Morgan fingerprint density at radius 2 is 1.96 bits per heavy atom. The summed E-state index contributed by atoms with van der Waals surface area (Å²) in [6, 6.07) is 8.18. The molecule has 0 saturated carbocycles. The van der Waals surface area contributed by atoms with Crippen molar-refractivity contribution in [1.29, 1.82) is 0 Å². The van der Waals surface area contributed by atoms with Crippen LogP contribution in [-0.2, 0) is 28.7 Å². The van der Waals surface area contributed by atoms with Gasteiger partial charge in [0.05, 0.1) is 24.5 Å². The number of amides is 3. The summed E-state index contributed by atoms with van der Waals surface area (Å²) in [5, 5.41) is 12.2. The highest BCUT2D eigenvalue weighted by atomic mass is 79.9. The predicted molar refractivity (Wildman–Crippen MR) is 182 cm³/mol. The highest BCUT2D eigenvalue weighted by Crippen LogP contribution is 2.60. The van der Waals surface area contributed by atoms with Gasteiger partial charge in [-0.1, -0.05) is 71.8 Å². The van der Waals surface area contributed by atoms with Gasteiger partial charge in [0, 0.05) is 37.0 Å². The van der Waals surface area contributed by atoms with Crippen LogP contribution in [0.3, 0.4) is 0 Å². The Morgan fingerprint density at radius 3 is 2.62 bits per heavy atom. The number of benzene rings is 1. The number of alkyl halides is 1. The lowest BCUT2D eigenvalue weighted by Gasteiger charge is -2.39. The van der Waals surface area contributed by atoms with E-state index in [2.05, 4.69) is 41.3 Å². The van der Waals surface area contributed by atoms with Crippen LogP contribution in [0.1, 0.15) is 76.9 Å². The lowest BCUT2D eigenvalue weighted by atomic mass is 9.70. The average Bonchev–Trinajstić information content (AvgIpc) is 3.66. The van der Waals surface area contributed by atoms with E-state index in [1.54, 1.807) is 22.0 Å². The molecule has 0 aromatic heterocycles. The summed E-state index contributed by atoms with van der Waals surface area (Å²) in [4.78, 5) is 58.8. The Labute approximate surface area is 287 Å². The van der Waals surface area contributed by atoms with Crippen molar-refractivity contribution in [2.75, 3.05) is 26.2 Å². The van der Waals surface area contributed by atoms with Crippen molar-refractivity contribution in [2.24, 2.45) is 11.8 Å². The van der Waals surface area contributed by atoms with Gasteiger partial charge in [-0.05, 0) is 51.0 Å². The fraction of sp³-hybridized carbons (Fsp3) is 0.611. The van der Waals surface area contributed by atoms with Crippen molar-refractivity contribution in [3.05, 3.63) is 61.2 Å². The molecule has 3 aliphatic heterocycles. The zero-order valence-corrected chi connectivity index (χ0v) is 29.2. The van der Waals surface area contributed by atoms with Gasteiger partial charge < -0.3 is 29.7 Å². The fourth-order valence-corrected chi connectivity index (χ4v) is 8.43. The van der Waals surface area contributed by atoms with Gasteiger partial charge >= 0.3 is 5.97 Å². The average molecular weight is 717 g/mol. The Kier molecular flexibility index (Phi) is 13.2. The molecule has 3 fully saturated rings. The van der Waals surface area contributed by atoms with E-state index in [1.165, 1.54) is 0 Å². The van der Waals surface area contributed by atoms with Gasteiger partial charge in [-0.3, -0.25) is 19.2 Å². The third-order valence-corrected chi connectivity index (χ3v) is 10.5. The molecule has 4 rings (SSSR count). The number of fused-ring (bicyclic) bond motifs is 1. The molecule has 0 aliphatic carbocycles. The van der Waals surface area contributed by atoms with Gasteiger partial charge in [0.25, 0.3) is 0 Å². The van der Waals surface area contributed by atoms with Crippen molar-refractivity contribution in [3.63, 3.8) is 0 Å². The maximum absolute atomic E-state index is 14.6. The van der Waals surface area contributed by atoms with Crippen LogP contribution in [0, 0.1) is 11.8 Å². The van der Waals surface area contributed by atoms with Gasteiger partial charge in [-0.2, -0.15) is 0 Å². The number of allylic oxidation sites excluding steroid dienone is 1. The molecule has 3 heterocycles. The second-order valence-electron chi connectivity index (χ2n) is 12.9. The quantitative estimate of drug-likeness (QED) is 0.0938. The van der Waals surface area contributed by atoms with E-state index in [-0.39, 0.29) is 48.2 Å². The molecule has 1 aromatic rings. The first-order chi connectivity index (χ1) is 22.6. The van der Waals surface area contributed by atoms with Gasteiger partial charge in [0.1, 0.15) is 17.7 Å². The first kappa shape index (κ1) is 36.8. The molecule has 258 valence electrons.